The van der Waals surface area contributed by atoms with Crippen molar-refractivity contribution in [2.45, 2.75) is 25.4 Å². The van der Waals surface area contributed by atoms with Crippen molar-refractivity contribution in [3.05, 3.63) is 29.3 Å². The van der Waals surface area contributed by atoms with E-state index in [1.54, 1.807) is 4.90 Å². The van der Waals surface area contributed by atoms with Gasteiger partial charge in [-0.25, -0.2) is 0 Å². The third kappa shape index (κ3) is 3.36. The lowest BCUT2D eigenvalue weighted by Crippen LogP contribution is -2.42. The smallest absolute Gasteiger partial charge is 0.260 e. The molecule has 1 amide bonds. The van der Waals surface area contributed by atoms with E-state index in [-0.39, 0.29) is 18.6 Å². The van der Waals surface area contributed by atoms with Crippen LogP contribution in [-0.2, 0) is 16.0 Å². The van der Waals surface area contributed by atoms with Crippen LogP contribution in [0, 0.1) is 0 Å². The number of ether oxygens (including phenoxy) is 2. The van der Waals surface area contributed by atoms with Crippen molar-refractivity contribution in [2.24, 2.45) is 0 Å². The van der Waals surface area contributed by atoms with E-state index < -0.39 is 0 Å². The predicted octanol–water partition coefficient (Wildman–Crippen LogP) is 1.29. The number of nitrogens with zero attached hydrogens (tertiary/aromatic N) is 1. The summed E-state index contributed by atoms with van der Waals surface area (Å²) >= 11 is 0. The lowest BCUT2D eigenvalue weighted by atomic mass is 9.89. The second kappa shape index (κ2) is 6.45. The SMILES string of the molecule is O=C(COc1ccc2c(c1)CCCC2O)N1CCOCC1. The molecule has 1 aromatic carbocycles. The minimum Gasteiger partial charge on any atom is -0.484 e. The Hall–Kier alpha value is -1.59. The molecule has 1 saturated heterocycles. The topological polar surface area (TPSA) is 59.0 Å². The number of morpholine rings is 1. The van der Waals surface area contributed by atoms with Gasteiger partial charge in [0.1, 0.15) is 5.75 Å². The molecule has 1 aliphatic carbocycles. The van der Waals surface area contributed by atoms with Crippen LogP contribution in [-0.4, -0.2) is 48.8 Å². The van der Waals surface area contributed by atoms with Gasteiger partial charge < -0.3 is 19.5 Å². The van der Waals surface area contributed by atoms with Crippen LogP contribution in [0.5, 0.6) is 5.75 Å². The zero-order chi connectivity index (χ0) is 14.7. The van der Waals surface area contributed by atoms with Gasteiger partial charge in [0.2, 0.25) is 0 Å². The highest BCUT2D eigenvalue weighted by atomic mass is 16.5. The Balaban J connectivity index is 1.59. The van der Waals surface area contributed by atoms with Gasteiger partial charge in [-0.3, -0.25) is 4.79 Å². The molecule has 3 rings (SSSR count). The van der Waals surface area contributed by atoms with Gasteiger partial charge in [0.25, 0.3) is 5.91 Å². The molecule has 1 fully saturated rings. The van der Waals surface area contributed by atoms with Gasteiger partial charge >= 0.3 is 0 Å². The Morgan fingerprint density at radius 2 is 2.19 bits per heavy atom. The average molecular weight is 291 g/mol. The fraction of sp³-hybridized carbons (Fsp3) is 0.562. The molecule has 0 aromatic heterocycles. The Morgan fingerprint density at radius 1 is 1.38 bits per heavy atom. The molecule has 2 aliphatic rings. The summed E-state index contributed by atoms with van der Waals surface area (Å²) in [6.07, 6.45) is 2.41. The third-order valence-electron chi connectivity index (χ3n) is 4.12. The van der Waals surface area contributed by atoms with E-state index in [0.717, 1.165) is 30.4 Å². The van der Waals surface area contributed by atoms with Gasteiger partial charge in [-0.2, -0.15) is 0 Å². The largest absolute Gasteiger partial charge is 0.484 e. The van der Waals surface area contributed by atoms with Crippen LogP contribution in [0.2, 0.25) is 0 Å². The van der Waals surface area contributed by atoms with E-state index in [4.69, 9.17) is 9.47 Å². The maximum Gasteiger partial charge on any atom is 0.260 e. The number of aliphatic hydroxyl groups is 1. The van der Waals surface area contributed by atoms with E-state index in [0.29, 0.717) is 32.1 Å². The highest BCUT2D eigenvalue weighted by Crippen LogP contribution is 2.31. The first kappa shape index (κ1) is 14.4. The molecule has 5 nitrogen and oxygen atoms in total. The number of aliphatic hydroxyl groups excluding tert-OH is 1. The predicted molar refractivity (Wildman–Crippen MR) is 77.2 cm³/mol. The number of hydrogen-bond acceptors (Lipinski definition) is 4. The molecule has 114 valence electrons. The van der Waals surface area contributed by atoms with Gasteiger partial charge in [-0.1, -0.05) is 6.07 Å². The summed E-state index contributed by atoms with van der Waals surface area (Å²) < 4.78 is 10.8. The molecule has 0 radical (unpaired) electrons. The Morgan fingerprint density at radius 3 is 3.00 bits per heavy atom. The monoisotopic (exact) mass is 291 g/mol. The fourth-order valence-corrected chi connectivity index (χ4v) is 2.90. The number of fused-ring (bicyclic) bond motifs is 1. The molecule has 5 heteroatoms. The molecular formula is C16H21NO4. The van der Waals surface area contributed by atoms with E-state index in [9.17, 15) is 9.90 Å². The van der Waals surface area contributed by atoms with Crippen molar-refractivity contribution < 1.29 is 19.4 Å². The van der Waals surface area contributed by atoms with Crippen molar-refractivity contribution in [1.82, 2.24) is 4.90 Å². The molecule has 1 N–H and O–H groups in total. The number of aryl methyl sites for hydroxylation is 1. The van der Waals surface area contributed by atoms with Crippen LogP contribution in [0.3, 0.4) is 0 Å². The summed E-state index contributed by atoms with van der Waals surface area (Å²) in [5.74, 6) is 0.695. The van der Waals surface area contributed by atoms with Gasteiger partial charge in [0.05, 0.1) is 19.3 Å². The first-order valence-electron chi connectivity index (χ1n) is 7.53. The molecule has 1 aliphatic heterocycles. The van der Waals surface area contributed by atoms with Crippen molar-refractivity contribution in [1.29, 1.82) is 0 Å². The summed E-state index contributed by atoms with van der Waals surface area (Å²) in [5, 5.41) is 9.93. The summed E-state index contributed by atoms with van der Waals surface area (Å²) in [5.41, 5.74) is 2.12. The zero-order valence-corrected chi connectivity index (χ0v) is 12.1. The number of carbonyl (C=O) groups is 1. The van der Waals surface area contributed by atoms with Crippen molar-refractivity contribution >= 4 is 5.91 Å². The van der Waals surface area contributed by atoms with Gasteiger partial charge in [0.15, 0.2) is 6.61 Å². The van der Waals surface area contributed by atoms with Crippen LogP contribution >= 0.6 is 0 Å². The maximum atomic E-state index is 12.0. The number of amides is 1. The summed E-state index contributed by atoms with van der Waals surface area (Å²) in [6, 6.07) is 5.69. The highest BCUT2D eigenvalue weighted by molar-refractivity contribution is 5.77. The summed E-state index contributed by atoms with van der Waals surface area (Å²) in [4.78, 5) is 13.8. The van der Waals surface area contributed by atoms with Crippen LogP contribution in [0.4, 0.5) is 0 Å². The molecular weight excluding hydrogens is 270 g/mol. The van der Waals surface area contributed by atoms with E-state index in [2.05, 4.69) is 0 Å². The number of carbonyl (C=O) groups excluding carboxylic acids is 1. The third-order valence-corrected chi connectivity index (χ3v) is 4.12. The quantitative estimate of drug-likeness (QED) is 0.912. The van der Waals surface area contributed by atoms with Crippen LogP contribution in [0.15, 0.2) is 18.2 Å². The first-order chi connectivity index (χ1) is 10.2. The van der Waals surface area contributed by atoms with E-state index in [1.165, 1.54) is 0 Å². The number of rotatable bonds is 3. The molecule has 1 atom stereocenters. The molecule has 0 bridgehead atoms. The highest BCUT2D eigenvalue weighted by Gasteiger charge is 2.19. The molecule has 21 heavy (non-hydrogen) atoms. The summed E-state index contributed by atoms with van der Waals surface area (Å²) in [6.45, 7) is 2.53. The zero-order valence-electron chi connectivity index (χ0n) is 12.1. The lowest BCUT2D eigenvalue weighted by Gasteiger charge is -2.27. The van der Waals surface area contributed by atoms with Crippen molar-refractivity contribution in [3.63, 3.8) is 0 Å². The molecule has 1 unspecified atom stereocenters. The van der Waals surface area contributed by atoms with Gasteiger partial charge in [-0.05, 0) is 42.5 Å². The minimum absolute atomic E-state index is 0.00365. The van der Waals surface area contributed by atoms with E-state index >= 15 is 0 Å². The number of benzene rings is 1. The molecule has 0 saturated carbocycles. The standard InChI is InChI=1S/C16H21NO4/c18-15-3-1-2-12-10-13(4-5-14(12)15)21-11-16(19)17-6-8-20-9-7-17/h4-5,10,15,18H,1-3,6-9,11H2. The van der Waals surface area contributed by atoms with E-state index in [1.807, 2.05) is 18.2 Å². The van der Waals surface area contributed by atoms with Gasteiger partial charge in [-0.15, -0.1) is 0 Å². The van der Waals surface area contributed by atoms with Gasteiger partial charge in [0, 0.05) is 13.1 Å². The van der Waals surface area contributed by atoms with Crippen LogP contribution in [0.25, 0.3) is 0 Å². The average Bonchev–Trinajstić information content (AvgIpc) is 2.53. The number of hydrogen-bond donors (Lipinski definition) is 1. The molecule has 1 heterocycles. The molecule has 1 aromatic rings. The second-order valence-electron chi connectivity index (χ2n) is 5.55. The Labute approximate surface area is 124 Å². The maximum absolute atomic E-state index is 12.0. The lowest BCUT2D eigenvalue weighted by molar-refractivity contribution is -0.137. The Kier molecular flexibility index (Phi) is 4.41. The normalized spacial score (nSPS) is 21.8. The fourth-order valence-electron chi connectivity index (χ4n) is 2.90. The Bertz CT molecular complexity index is 511. The molecule has 0 spiro atoms. The van der Waals surface area contributed by atoms with Crippen LogP contribution < -0.4 is 4.74 Å². The van der Waals surface area contributed by atoms with Crippen molar-refractivity contribution in [2.75, 3.05) is 32.9 Å². The second-order valence-corrected chi connectivity index (χ2v) is 5.55. The first-order valence-corrected chi connectivity index (χ1v) is 7.53. The van der Waals surface area contributed by atoms with Crippen LogP contribution in [0.1, 0.15) is 30.1 Å². The minimum atomic E-state index is -0.363. The summed E-state index contributed by atoms with van der Waals surface area (Å²) in [7, 11) is 0. The van der Waals surface area contributed by atoms with Crippen molar-refractivity contribution in [3.8, 4) is 5.75 Å².